The lowest BCUT2D eigenvalue weighted by molar-refractivity contribution is -0.135. The normalized spacial score (nSPS) is 17.3. The molecule has 6 nitrogen and oxygen atoms in total. The first-order valence-electron chi connectivity index (χ1n) is 13.0. The highest BCUT2D eigenvalue weighted by atomic mass is 35.5. The molecule has 5 rings (SSSR count). The highest BCUT2D eigenvalue weighted by Crippen LogP contribution is 2.34. The molecule has 0 saturated carbocycles. The Labute approximate surface area is 231 Å². The summed E-state index contributed by atoms with van der Waals surface area (Å²) in [6.45, 7) is 4.00. The first-order valence-corrected chi connectivity index (χ1v) is 14.2. The van der Waals surface area contributed by atoms with Crippen molar-refractivity contribution in [1.29, 1.82) is 0 Å². The van der Waals surface area contributed by atoms with Crippen LogP contribution in [0.3, 0.4) is 0 Å². The molecule has 2 aromatic carbocycles. The van der Waals surface area contributed by atoms with Gasteiger partial charge in [0.25, 0.3) is 5.91 Å². The summed E-state index contributed by atoms with van der Waals surface area (Å²) in [5, 5.41) is 2.52. The molecule has 1 atom stereocenters. The summed E-state index contributed by atoms with van der Waals surface area (Å²) in [5.41, 5.74) is 1.54. The van der Waals surface area contributed by atoms with E-state index in [9.17, 15) is 14.0 Å². The van der Waals surface area contributed by atoms with Crippen LogP contribution in [0.4, 0.5) is 4.39 Å². The topological polar surface area (TPSA) is 53.1 Å². The zero-order chi connectivity index (χ0) is 26.5. The number of rotatable bonds is 9. The van der Waals surface area contributed by atoms with Crippen LogP contribution in [-0.2, 0) is 11.2 Å². The predicted molar refractivity (Wildman–Crippen MR) is 147 cm³/mol. The highest BCUT2D eigenvalue weighted by Gasteiger charge is 2.34. The minimum absolute atomic E-state index is 0.0221. The van der Waals surface area contributed by atoms with Gasteiger partial charge in [-0.25, -0.2) is 4.39 Å². The molecular formula is C29H31ClFN3O3S. The molecule has 0 N–H and O–H groups in total. The molecule has 0 radical (unpaired) electrons. The van der Waals surface area contributed by atoms with Gasteiger partial charge in [0.15, 0.2) is 0 Å². The third-order valence-corrected chi connectivity index (χ3v) is 8.44. The van der Waals surface area contributed by atoms with Gasteiger partial charge < -0.3 is 19.4 Å². The van der Waals surface area contributed by atoms with Gasteiger partial charge in [-0.1, -0.05) is 17.7 Å². The molecule has 200 valence electrons. The van der Waals surface area contributed by atoms with Gasteiger partial charge >= 0.3 is 0 Å². The van der Waals surface area contributed by atoms with E-state index < -0.39 is 0 Å². The second-order valence-electron chi connectivity index (χ2n) is 9.70. The average Bonchev–Trinajstić information content (AvgIpc) is 3.62. The maximum absolute atomic E-state index is 13.8. The molecule has 2 amide bonds. The van der Waals surface area contributed by atoms with E-state index in [0.717, 1.165) is 44.5 Å². The SMILES string of the molecule is O=C(c1cccc(Cl)c1)N(CCN1CCCC1)CC(=O)N1CCc2sccc2[C@H]1COc1ccc(F)cc1. The minimum Gasteiger partial charge on any atom is -0.491 e. The fraction of sp³-hybridized carbons (Fsp3) is 0.379. The summed E-state index contributed by atoms with van der Waals surface area (Å²) in [7, 11) is 0. The Morgan fingerprint density at radius 1 is 1.08 bits per heavy atom. The lowest BCUT2D eigenvalue weighted by Gasteiger charge is -2.37. The highest BCUT2D eigenvalue weighted by molar-refractivity contribution is 7.10. The summed E-state index contributed by atoms with van der Waals surface area (Å²) in [5.74, 6) is -0.103. The fourth-order valence-electron chi connectivity index (χ4n) is 5.16. The Hall–Kier alpha value is -2.94. The van der Waals surface area contributed by atoms with E-state index in [4.69, 9.17) is 16.3 Å². The van der Waals surface area contributed by atoms with Gasteiger partial charge in [-0.15, -0.1) is 11.3 Å². The number of thiophene rings is 1. The molecule has 0 aliphatic carbocycles. The number of benzene rings is 2. The standard InChI is InChI=1S/C29H31ClFN3O3S/c30-22-5-3-4-21(18-22)29(36)33(16-15-32-12-1-2-13-32)19-28(35)34-14-10-27-25(11-17-38-27)26(34)20-37-24-8-6-23(31)7-9-24/h3-9,11,17-18,26H,1-2,10,12-16,19-20H2/t26-/m1/s1. The van der Waals surface area contributed by atoms with Crippen molar-refractivity contribution >= 4 is 34.8 Å². The van der Waals surface area contributed by atoms with Crippen molar-refractivity contribution in [3.05, 3.63) is 86.8 Å². The molecule has 0 unspecified atom stereocenters. The lowest BCUT2D eigenvalue weighted by Crippen LogP contribution is -2.49. The first-order chi connectivity index (χ1) is 18.5. The summed E-state index contributed by atoms with van der Waals surface area (Å²) in [4.78, 5) is 34.4. The van der Waals surface area contributed by atoms with Crippen molar-refractivity contribution < 1.29 is 18.7 Å². The van der Waals surface area contributed by atoms with Crippen LogP contribution in [0.1, 0.15) is 39.7 Å². The minimum atomic E-state index is -0.328. The van der Waals surface area contributed by atoms with Crippen LogP contribution in [0.25, 0.3) is 0 Å². The van der Waals surface area contributed by atoms with Gasteiger partial charge in [-0.05, 0) is 91.8 Å². The van der Waals surface area contributed by atoms with E-state index in [1.807, 2.05) is 16.3 Å². The van der Waals surface area contributed by atoms with Crippen LogP contribution < -0.4 is 4.74 Å². The van der Waals surface area contributed by atoms with Crippen LogP contribution in [-0.4, -0.2) is 72.4 Å². The molecule has 38 heavy (non-hydrogen) atoms. The Morgan fingerprint density at radius 2 is 1.87 bits per heavy atom. The number of hydrogen-bond donors (Lipinski definition) is 0. The third kappa shape index (κ3) is 6.37. The van der Waals surface area contributed by atoms with Gasteiger partial charge in [0.2, 0.25) is 5.91 Å². The average molecular weight is 556 g/mol. The maximum Gasteiger partial charge on any atom is 0.254 e. The van der Waals surface area contributed by atoms with Gasteiger partial charge in [0.1, 0.15) is 24.7 Å². The molecule has 0 bridgehead atoms. The lowest BCUT2D eigenvalue weighted by atomic mass is 10.0. The largest absolute Gasteiger partial charge is 0.491 e. The second-order valence-corrected chi connectivity index (χ2v) is 11.1. The molecule has 1 aromatic heterocycles. The molecule has 2 aliphatic heterocycles. The molecule has 3 heterocycles. The molecule has 1 saturated heterocycles. The number of fused-ring (bicyclic) bond motifs is 1. The fourth-order valence-corrected chi connectivity index (χ4v) is 6.28. The van der Waals surface area contributed by atoms with Crippen molar-refractivity contribution in [3.8, 4) is 5.75 Å². The summed E-state index contributed by atoms with van der Waals surface area (Å²) < 4.78 is 19.3. The van der Waals surface area contributed by atoms with Crippen LogP contribution in [0.5, 0.6) is 5.75 Å². The van der Waals surface area contributed by atoms with Crippen molar-refractivity contribution in [2.45, 2.75) is 25.3 Å². The van der Waals surface area contributed by atoms with Gasteiger partial charge in [-0.2, -0.15) is 0 Å². The Kier molecular flexibility index (Phi) is 8.61. The Bertz CT molecular complexity index is 1260. The van der Waals surface area contributed by atoms with Crippen LogP contribution in [0.2, 0.25) is 5.02 Å². The summed E-state index contributed by atoms with van der Waals surface area (Å²) in [6, 6.07) is 14.5. The van der Waals surface area contributed by atoms with E-state index in [1.54, 1.807) is 52.6 Å². The van der Waals surface area contributed by atoms with E-state index in [2.05, 4.69) is 4.90 Å². The summed E-state index contributed by atoms with van der Waals surface area (Å²) in [6.07, 6.45) is 3.09. The van der Waals surface area contributed by atoms with E-state index in [1.165, 1.54) is 17.0 Å². The maximum atomic E-state index is 13.8. The predicted octanol–water partition coefficient (Wildman–Crippen LogP) is 5.28. The zero-order valence-electron chi connectivity index (χ0n) is 21.2. The molecule has 0 spiro atoms. The number of amides is 2. The molecule has 3 aromatic rings. The number of nitrogens with zero attached hydrogens (tertiary/aromatic N) is 3. The van der Waals surface area contributed by atoms with Gasteiger partial charge in [-0.3, -0.25) is 9.59 Å². The zero-order valence-corrected chi connectivity index (χ0v) is 22.7. The van der Waals surface area contributed by atoms with Crippen LogP contribution in [0.15, 0.2) is 60.0 Å². The smallest absolute Gasteiger partial charge is 0.254 e. The number of hydrogen-bond acceptors (Lipinski definition) is 5. The van der Waals surface area contributed by atoms with Crippen LogP contribution in [0, 0.1) is 5.82 Å². The van der Waals surface area contributed by atoms with Crippen molar-refractivity contribution in [1.82, 2.24) is 14.7 Å². The number of carbonyl (C=O) groups is 2. The third-order valence-electron chi connectivity index (χ3n) is 7.21. The molecule has 1 fully saturated rings. The van der Waals surface area contributed by atoms with E-state index in [-0.39, 0.29) is 36.8 Å². The first kappa shape index (κ1) is 26.7. The number of likely N-dealkylation sites (tertiary alicyclic amines) is 1. The molecule has 2 aliphatic rings. The molecular weight excluding hydrogens is 525 g/mol. The van der Waals surface area contributed by atoms with Crippen LogP contribution >= 0.6 is 22.9 Å². The van der Waals surface area contributed by atoms with E-state index in [0.29, 0.717) is 29.4 Å². The Morgan fingerprint density at radius 3 is 2.63 bits per heavy atom. The van der Waals surface area contributed by atoms with Gasteiger partial charge in [0, 0.05) is 35.1 Å². The number of halogens is 2. The van der Waals surface area contributed by atoms with E-state index >= 15 is 0 Å². The Balaban J connectivity index is 1.33. The van der Waals surface area contributed by atoms with Crippen molar-refractivity contribution in [3.63, 3.8) is 0 Å². The monoisotopic (exact) mass is 555 g/mol. The second kappa shape index (κ2) is 12.3. The number of ether oxygens (including phenoxy) is 1. The van der Waals surface area contributed by atoms with Gasteiger partial charge in [0.05, 0.1) is 6.04 Å². The van der Waals surface area contributed by atoms with Crippen molar-refractivity contribution in [2.24, 2.45) is 0 Å². The molecule has 9 heteroatoms. The quantitative estimate of drug-likeness (QED) is 0.360. The number of carbonyl (C=O) groups excluding carboxylic acids is 2. The summed E-state index contributed by atoms with van der Waals surface area (Å²) >= 11 is 7.84. The van der Waals surface area contributed by atoms with Crippen molar-refractivity contribution in [2.75, 3.05) is 45.9 Å².